The van der Waals surface area contributed by atoms with Gasteiger partial charge < -0.3 is 14.0 Å². The van der Waals surface area contributed by atoms with Gasteiger partial charge in [0.05, 0.1) is 22.1 Å². The Hall–Kier alpha value is -8.40. The molecule has 0 bridgehead atoms. The second kappa shape index (κ2) is 15.3. The summed E-state index contributed by atoms with van der Waals surface area (Å²) in [5.74, 6) is 0. The van der Waals surface area contributed by atoms with Crippen LogP contribution in [-0.2, 0) is 0 Å². The van der Waals surface area contributed by atoms with Crippen molar-refractivity contribution in [3.8, 4) is 44.8 Å². The van der Waals surface area contributed by atoms with Crippen LogP contribution in [0.5, 0.6) is 0 Å². The Kier molecular flexibility index (Phi) is 8.83. The average molecular weight is 804 g/mol. The molecule has 0 radical (unpaired) electrons. The van der Waals surface area contributed by atoms with E-state index in [2.05, 4.69) is 263 Å². The number of anilines is 3. The molecular formula is C60H41N3. The van der Waals surface area contributed by atoms with Crippen molar-refractivity contribution in [2.24, 2.45) is 0 Å². The molecule has 0 aliphatic rings. The van der Waals surface area contributed by atoms with Crippen molar-refractivity contribution in [3.05, 3.63) is 249 Å². The molecule has 2 heterocycles. The Bertz CT molecular complexity index is 3530. The van der Waals surface area contributed by atoms with E-state index in [1.165, 1.54) is 65.9 Å². The van der Waals surface area contributed by atoms with Gasteiger partial charge in [-0.25, -0.2) is 0 Å². The zero-order chi connectivity index (χ0) is 41.7. The third-order valence-electron chi connectivity index (χ3n) is 12.5. The summed E-state index contributed by atoms with van der Waals surface area (Å²) in [5, 5.41) is 4.89. The highest BCUT2D eigenvalue weighted by Gasteiger charge is 2.20. The van der Waals surface area contributed by atoms with Crippen LogP contribution >= 0.6 is 0 Å². The first-order valence-corrected chi connectivity index (χ1v) is 21.6. The van der Waals surface area contributed by atoms with Gasteiger partial charge in [0.2, 0.25) is 0 Å². The van der Waals surface area contributed by atoms with Crippen molar-refractivity contribution in [2.75, 3.05) is 4.90 Å². The molecule has 0 aliphatic heterocycles. The highest BCUT2D eigenvalue weighted by atomic mass is 15.1. The minimum absolute atomic E-state index is 1.08. The number of hydrogen-bond donors (Lipinski definition) is 0. The molecule has 10 aromatic carbocycles. The second-order valence-corrected chi connectivity index (χ2v) is 16.2. The smallest absolute Gasteiger partial charge is 0.0561 e. The van der Waals surface area contributed by atoms with Crippen molar-refractivity contribution < 1.29 is 0 Å². The van der Waals surface area contributed by atoms with E-state index in [1.807, 2.05) is 0 Å². The fourth-order valence-corrected chi connectivity index (χ4v) is 9.55. The first kappa shape index (κ1) is 36.5. The normalized spacial score (nSPS) is 11.5. The lowest BCUT2D eigenvalue weighted by Gasteiger charge is -2.26. The molecule has 0 unspecified atom stereocenters. The van der Waals surface area contributed by atoms with Gasteiger partial charge in [0, 0.05) is 50.0 Å². The van der Waals surface area contributed by atoms with Crippen molar-refractivity contribution in [1.29, 1.82) is 0 Å². The van der Waals surface area contributed by atoms with Gasteiger partial charge in [-0.05, 0) is 130 Å². The molecule has 12 aromatic rings. The molecule has 63 heavy (non-hydrogen) atoms. The van der Waals surface area contributed by atoms with E-state index < -0.39 is 0 Å². The van der Waals surface area contributed by atoms with Crippen LogP contribution in [0.3, 0.4) is 0 Å². The van der Waals surface area contributed by atoms with E-state index in [0.717, 1.165) is 39.5 Å². The predicted octanol–water partition coefficient (Wildman–Crippen LogP) is 16.4. The van der Waals surface area contributed by atoms with Gasteiger partial charge in [-0.3, -0.25) is 0 Å². The van der Waals surface area contributed by atoms with E-state index in [4.69, 9.17) is 0 Å². The van der Waals surface area contributed by atoms with Crippen molar-refractivity contribution in [2.45, 2.75) is 0 Å². The van der Waals surface area contributed by atoms with Gasteiger partial charge in [-0.1, -0.05) is 152 Å². The largest absolute Gasteiger partial charge is 0.310 e. The highest BCUT2D eigenvalue weighted by Crippen LogP contribution is 2.43. The molecule has 296 valence electrons. The minimum Gasteiger partial charge on any atom is -0.310 e. The van der Waals surface area contributed by atoms with Crippen LogP contribution < -0.4 is 4.90 Å². The van der Waals surface area contributed by atoms with Gasteiger partial charge in [-0.15, -0.1) is 0 Å². The van der Waals surface area contributed by atoms with Crippen LogP contribution in [0.2, 0.25) is 0 Å². The van der Waals surface area contributed by atoms with Crippen LogP contribution in [-0.4, -0.2) is 9.13 Å². The maximum Gasteiger partial charge on any atom is 0.0561 e. The third kappa shape index (κ3) is 6.38. The number of hydrogen-bond acceptors (Lipinski definition) is 1. The molecule has 0 spiro atoms. The molecule has 12 rings (SSSR count). The Balaban J connectivity index is 1.05. The molecule has 0 atom stereocenters. The first-order valence-electron chi connectivity index (χ1n) is 21.6. The summed E-state index contributed by atoms with van der Waals surface area (Å²) in [7, 11) is 0. The number of para-hydroxylation sites is 4. The summed E-state index contributed by atoms with van der Waals surface area (Å²) >= 11 is 0. The van der Waals surface area contributed by atoms with Crippen LogP contribution in [0.15, 0.2) is 249 Å². The van der Waals surface area contributed by atoms with Crippen molar-refractivity contribution in [1.82, 2.24) is 9.13 Å². The van der Waals surface area contributed by atoms with Crippen molar-refractivity contribution in [3.63, 3.8) is 0 Å². The summed E-state index contributed by atoms with van der Waals surface area (Å²) in [6, 6.07) is 90.2. The average Bonchev–Trinajstić information content (AvgIpc) is 3.87. The highest BCUT2D eigenvalue weighted by molar-refractivity contribution is 6.12. The molecule has 3 heteroatoms. The maximum absolute atomic E-state index is 2.42. The Morgan fingerprint density at radius 3 is 1.16 bits per heavy atom. The quantitative estimate of drug-likeness (QED) is 0.149. The summed E-state index contributed by atoms with van der Waals surface area (Å²) in [6.07, 6.45) is 0. The van der Waals surface area contributed by atoms with Gasteiger partial charge in [0.1, 0.15) is 0 Å². The molecule has 0 N–H and O–H groups in total. The van der Waals surface area contributed by atoms with E-state index in [9.17, 15) is 0 Å². The molecule has 0 saturated carbocycles. The molecular weight excluding hydrogens is 763 g/mol. The van der Waals surface area contributed by atoms with Gasteiger partial charge in [0.25, 0.3) is 0 Å². The summed E-state index contributed by atoms with van der Waals surface area (Å²) < 4.78 is 4.78. The zero-order valence-electron chi connectivity index (χ0n) is 34.5. The molecule has 0 amide bonds. The SMILES string of the molecule is c1ccc(-c2cc(-c3ccccc3)cc(-c3ccc(N(c4ccc5c(c4)c4ccccc4n5-c4ccccc4)c4ccc5c6ccccc6n(-c6ccccc6)c5c4)cc3)c2)cc1. The molecule has 3 nitrogen and oxygen atoms in total. The van der Waals surface area contributed by atoms with Gasteiger partial charge >= 0.3 is 0 Å². The van der Waals surface area contributed by atoms with E-state index >= 15 is 0 Å². The number of fused-ring (bicyclic) bond motifs is 6. The summed E-state index contributed by atoms with van der Waals surface area (Å²) in [5.41, 5.74) is 17.4. The number of benzene rings is 10. The van der Waals surface area contributed by atoms with E-state index in [1.54, 1.807) is 0 Å². The molecule has 0 aliphatic carbocycles. The topological polar surface area (TPSA) is 13.1 Å². The van der Waals surface area contributed by atoms with Crippen molar-refractivity contribution >= 4 is 60.7 Å². The lowest BCUT2D eigenvalue weighted by atomic mass is 9.93. The van der Waals surface area contributed by atoms with Gasteiger partial charge in [0.15, 0.2) is 0 Å². The van der Waals surface area contributed by atoms with Crippen LogP contribution in [0, 0.1) is 0 Å². The monoisotopic (exact) mass is 803 g/mol. The second-order valence-electron chi connectivity index (χ2n) is 16.2. The van der Waals surface area contributed by atoms with Crippen LogP contribution in [0.4, 0.5) is 17.1 Å². The van der Waals surface area contributed by atoms with E-state index in [0.29, 0.717) is 0 Å². The Morgan fingerprint density at radius 2 is 0.603 bits per heavy atom. The standard InChI is InChI=1S/C60H41N3/c1-5-17-42(18-6-1)45-37-46(43-19-7-2-8-20-43)39-47(38-45)44-29-31-50(32-30-44)61(51-34-36-59-56(40-51)54-26-14-16-28-58(54)62(59)48-21-9-3-10-22-48)52-33-35-55-53-25-13-15-27-57(53)63(60(55)41-52)49-23-11-4-12-24-49/h1-41H. The van der Waals surface area contributed by atoms with Crippen LogP contribution in [0.1, 0.15) is 0 Å². The Morgan fingerprint density at radius 1 is 0.222 bits per heavy atom. The molecule has 0 saturated heterocycles. The third-order valence-corrected chi connectivity index (χ3v) is 12.5. The molecule has 0 fully saturated rings. The lowest BCUT2D eigenvalue weighted by Crippen LogP contribution is -2.10. The Labute approximate surface area is 366 Å². The summed E-state index contributed by atoms with van der Waals surface area (Å²) in [6.45, 7) is 0. The number of nitrogens with zero attached hydrogens (tertiary/aromatic N) is 3. The fourth-order valence-electron chi connectivity index (χ4n) is 9.55. The fraction of sp³-hybridized carbons (Fsp3) is 0. The van der Waals surface area contributed by atoms with Crippen LogP contribution in [0.25, 0.3) is 88.4 Å². The zero-order valence-corrected chi connectivity index (χ0v) is 34.5. The minimum atomic E-state index is 1.08. The lowest BCUT2D eigenvalue weighted by molar-refractivity contribution is 1.17. The van der Waals surface area contributed by atoms with E-state index in [-0.39, 0.29) is 0 Å². The summed E-state index contributed by atoms with van der Waals surface area (Å²) in [4.78, 5) is 2.42. The number of rotatable bonds is 8. The number of aromatic nitrogens is 2. The predicted molar refractivity (Wildman–Crippen MR) is 266 cm³/mol. The van der Waals surface area contributed by atoms with Gasteiger partial charge in [-0.2, -0.15) is 0 Å². The maximum atomic E-state index is 2.42. The first-order chi connectivity index (χ1) is 31.2. The molecule has 2 aromatic heterocycles.